The number of thiazole rings is 1. The summed E-state index contributed by atoms with van der Waals surface area (Å²) in [6.07, 6.45) is 3.15. The normalized spacial score (nSPS) is 10.9. The third-order valence-electron chi connectivity index (χ3n) is 3.44. The summed E-state index contributed by atoms with van der Waals surface area (Å²) in [6.45, 7) is 1.99. The predicted molar refractivity (Wildman–Crippen MR) is 112 cm³/mol. The smallest absolute Gasteiger partial charge is 0.250 e. The number of hydrogen-bond acceptors (Lipinski definition) is 5. The van der Waals surface area contributed by atoms with Crippen LogP contribution in [0.4, 0.5) is 5.13 Å². The highest BCUT2D eigenvalue weighted by Gasteiger charge is 2.09. The highest BCUT2D eigenvalue weighted by molar-refractivity contribution is 7.17. The van der Waals surface area contributed by atoms with Gasteiger partial charge in [0.25, 0.3) is 0 Å². The van der Waals surface area contributed by atoms with E-state index >= 15 is 0 Å². The van der Waals surface area contributed by atoms with E-state index in [1.807, 2.05) is 29.6 Å². The predicted octanol–water partition coefficient (Wildman–Crippen LogP) is 4.81. The maximum atomic E-state index is 12.1. The highest BCUT2D eigenvalue weighted by Crippen LogP contribution is 2.30. The number of carbonyl (C=O) groups excluding carboxylic acids is 2. The van der Waals surface area contributed by atoms with Crippen molar-refractivity contribution in [1.29, 1.82) is 0 Å². The molecule has 0 unspecified atom stereocenters. The molecule has 0 saturated heterocycles. The average Bonchev–Trinajstić information content (AvgIpc) is 3.27. The van der Waals surface area contributed by atoms with E-state index in [0.29, 0.717) is 16.7 Å². The van der Waals surface area contributed by atoms with E-state index in [1.54, 1.807) is 29.5 Å². The Kier molecular flexibility index (Phi) is 6.39. The summed E-state index contributed by atoms with van der Waals surface area (Å²) in [6, 6.07) is 11.2. The molecule has 0 atom stereocenters. The Morgan fingerprint density at radius 2 is 2.11 bits per heavy atom. The van der Waals surface area contributed by atoms with Crippen LogP contribution in [0.25, 0.3) is 16.6 Å². The number of amides is 2. The molecule has 0 saturated carbocycles. The van der Waals surface area contributed by atoms with Crippen LogP contribution in [-0.4, -0.2) is 16.8 Å². The van der Waals surface area contributed by atoms with Gasteiger partial charge in [-0.05, 0) is 35.9 Å². The lowest BCUT2D eigenvalue weighted by molar-refractivity contribution is -0.119. The molecule has 2 aromatic heterocycles. The molecule has 0 radical (unpaired) electrons. The fourth-order valence-electron chi connectivity index (χ4n) is 2.20. The van der Waals surface area contributed by atoms with Crippen molar-refractivity contribution in [3.8, 4) is 10.6 Å². The Labute approximate surface area is 169 Å². The molecule has 27 heavy (non-hydrogen) atoms. The fraction of sp³-hybridized carbons (Fsp3) is 0.105. The van der Waals surface area contributed by atoms with Crippen molar-refractivity contribution in [2.24, 2.45) is 0 Å². The lowest BCUT2D eigenvalue weighted by Crippen LogP contribution is -2.17. The Morgan fingerprint density at radius 3 is 2.89 bits per heavy atom. The third-order valence-corrected chi connectivity index (χ3v) is 5.54. The van der Waals surface area contributed by atoms with Crippen molar-refractivity contribution in [3.63, 3.8) is 0 Å². The highest BCUT2D eigenvalue weighted by atomic mass is 35.5. The number of halogens is 1. The maximum absolute atomic E-state index is 12.1. The summed E-state index contributed by atoms with van der Waals surface area (Å²) in [5.74, 6) is -0.317. The zero-order valence-electron chi connectivity index (χ0n) is 14.4. The van der Waals surface area contributed by atoms with Crippen molar-refractivity contribution < 1.29 is 9.59 Å². The quantitative estimate of drug-likeness (QED) is 0.565. The molecule has 138 valence electrons. The molecular formula is C19H16ClN3O2S2. The number of nitrogens with zero attached hydrogens (tertiary/aromatic N) is 1. The van der Waals surface area contributed by atoms with Gasteiger partial charge in [-0.1, -0.05) is 23.7 Å². The van der Waals surface area contributed by atoms with Gasteiger partial charge in [0.2, 0.25) is 11.8 Å². The molecule has 2 heterocycles. The summed E-state index contributed by atoms with van der Waals surface area (Å²) >= 11 is 8.85. The number of rotatable bonds is 6. The van der Waals surface area contributed by atoms with Crippen molar-refractivity contribution in [2.75, 3.05) is 5.32 Å². The van der Waals surface area contributed by atoms with E-state index in [-0.39, 0.29) is 11.8 Å². The van der Waals surface area contributed by atoms with Crippen LogP contribution in [0.5, 0.6) is 0 Å². The molecule has 0 fully saturated rings. The summed E-state index contributed by atoms with van der Waals surface area (Å²) in [5, 5.41) is 8.57. The maximum Gasteiger partial charge on any atom is 0.250 e. The topological polar surface area (TPSA) is 71.1 Å². The Bertz CT molecular complexity index is 994. The van der Waals surface area contributed by atoms with Crippen LogP contribution in [0.15, 0.2) is 47.9 Å². The van der Waals surface area contributed by atoms with E-state index in [4.69, 9.17) is 11.6 Å². The first-order chi connectivity index (χ1) is 13.0. The summed E-state index contributed by atoms with van der Waals surface area (Å²) in [4.78, 5) is 29.5. The minimum Gasteiger partial charge on any atom is -0.351 e. The van der Waals surface area contributed by atoms with Crippen molar-refractivity contribution in [2.45, 2.75) is 13.5 Å². The first-order valence-corrected chi connectivity index (χ1v) is 10.1. The molecule has 0 aliphatic rings. The van der Waals surface area contributed by atoms with Crippen LogP contribution in [0.1, 0.15) is 17.4 Å². The van der Waals surface area contributed by atoms with E-state index < -0.39 is 0 Å². The second-order valence-electron chi connectivity index (χ2n) is 5.59. The Morgan fingerprint density at radius 1 is 1.26 bits per heavy atom. The van der Waals surface area contributed by atoms with Crippen molar-refractivity contribution >= 4 is 57.3 Å². The molecule has 0 bridgehead atoms. The SMILES string of the molecule is CC(=O)NCc1ccc(-c2csc(NC(=O)/C=C/c3cccc(Cl)c3)n2)s1. The lowest BCUT2D eigenvalue weighted by atomic mass is 10.2. The van der Waals surface area contributed by atoms with Crippen LogP contribution < -0.4 is 10.6 Å². The minimum atomic E-state index is -0.256. The van der Waals surface area contributed by atoms with Gasteiger partial charge in [0.15, 0.2) is 5.13 Å². The summed E-state index contributed by atoms with van der Waals surface area (Å²) in [5.41, 5.74) is 1.65. The molecule has 5 nitrogen and oxygen atoms in total. The van der Waals surface area contributed by atoms with Crippen LogP contribution >= 0.6 is 34.3 Å². The number of benzene rings is 1. The number of nitrogens with one attached hydrogen (secondary N) is 2. The van der Waals surface area contributed by atoms with Gasteiger partial charge < -0.3 is 5.32 Å². The zero-order chi connectivity index (χ0) is 19.2. The van der Waals surface area contributed by atoms with Crippen LogP contribution in [0, 0.1) is 0 Å². The number of aromatic nitrogens is 1. The van der Waals surface area contributed by atoms with E-state index in [1.165, 1.54) is 24.3 Å². The van der Waals surface area contributed by atoms with Gasteiger partial charge in [-0.25, -0.2) is 4.98 Å². The monoisotopic (exact) mass is 417 g/mol. The van der Waals surface area contributed by atoms with E-state index in [2.05, 4.69) is 15.6 Å². The van der Waals surface area contributed by atoms with Crippen LogP contribution in [0.3, 0.4) is 0 Å². The molecule has 8 heteroatoms. The number of thiophene rings is 1. The fourth-order valence-corrected chi connectivity index (χ4v) is 4.09. The van der Waals surface area contributed by atoms with Gasteiger partial charge in [0.1, 0.15) is 0 Å². The van der Waals surface area contributed by atoms with Crippen molar-refractivity contribution in [1.82, 2.24) is 10.3 Å². The molecule has 2 amide bonds. The van der Waals surface area contributed by atoms with Gasteiger partial charge in [0.05, 0.1) is 17.1 Å². The van der Waals surface area contributed by atoms with Gasteiger partial charge in [-0.3, -0.25) is 14.9 Å². The van der Waals surface area contributed by atoms with Crippen LogP contribution in [0.2, 0.25) is 5.02 Å². The average molecular weight is 418 g/mol. The van der Waals surface area contributed by atoms with Crippen molar-refractivity contribution in [3.05, 3.63) is 63.3 Å². The third kappa shape index (κ3) is 5.75. The standard InChI is InChI=1S/C19H16ClN3O2S2/c1-12(24)21-10-15-6-7-17(27-15)16-11-26-19(22-16)23-18(25)8-5-13-3-2-4-14(20)9-13/h2-9,11H,10H2,1H3,(H,21,24)(H,22,23,25)/b8-5+. The summed E-state index contributed by atoms with van der Waals surface area (Å²) in [7, 11) is 0. The zero-order valence-corrected chi connectivity index (χ0v) is 16.8. The second-order valence-corrected chi connectivity index (χ2v) is 8.05. The first kappa shape index (κ1) is 19.3. The van der Waals surface area contributed by atoms with Gasteiger partial charge in [-0.15, -0.1) is 22.7 Å². The van der Waals surface area contributed by atoms with E-state index in [0.717, 1.165) is 21.0 Å². The Balaban J connectivity index is 1.60. The number of anilines is 1. The largest absolute Gasteiger partial charge is 0.351 e. The molecule has 0 aliphatic carbocycles. The molecule has 3 aromatic rings. The molecular weight excluding hydrogens is 402 g/mol. The number of carbonyl (C=O) groups is 2. The van der Waals surface area contributed by atoms with Crippen LogP contribution in [-0.2, 0) is 16.1 Å². The molecule has 1 aromatic carbocycles. The number of hydrogen-bond donors (Lipinski definition) is 2. The summed E-state index contributed by atoms with van der Waals surface area (Å²) < 4.78 is 0. The van der Waals surface area contributed by atoms with E-state index in [9.17, 15) is 9.59 Å². The molecule has 3 rings (SSSR count). The van der Waals surface area contributed by atoms with Gasteiger partial charge in [-0.2, -0.15) is 0 Å². The first-order valence-electron chi connectivity index (χ1n) is 8.03. The van der Waals surface area contributed by atoms with Gasteiger partial charge >= 0.3 is 0 Å². The minimum absolute atomic E-state index is 0.0607. The molecule has 0 spiro atoms. The molecule has 2 N–H and O–H groups in total. The lowest BCUT2D eigenvalue weighted by Gasteiger charge is -1.97. The second kappa shape index (κ2) is 8.94. The Hall–Kier alpha value is -2.48. The van der Waals surface area contributed by atoms with Gasteiger partial charge in [0, 0.05) is 28.3 Å². The molecule has 0 aliphatic heterocycles.